The molecule has 3 aromatic heterocycles. The van der Waals surface area contributed by atoms with E-state index in [1.54, 1.807) is 34.0 Å². The predicted octanol–water partition coefficient (Wildman–Crippen LogP) is 1.40. The molecule has 3 aromatic rings. The number of nitrogens with two attached hydrogens (primary N) is 1. The molecule has 98 valence electrons. The van der Waals surface area contributed by atoms with E-state index in [1.807, 2.05) is 14.0 Å². The minimum Gasteiger partial charge on any atom is -0.383 e. The molecule has 0 radical (unpaired) electrons. The van der Waals surface area contributed by atoms with Crippen LogP contribution in [0.15, 0.2) is 10.5 Å². The number of aromatic nitrogens is 6. The van der Waals surface area contributed by atoms with Crippen molar-refractivity contribution in [2.24, 2.45) is 7.05 Å². The summed E-state index contributed by atoms with van der Waals surface area (Å²) in [6, 6.07) is 0. The van der Waals surface area contributed by atoms with E-state index in [9.17, 15) is 0 Å². The van der Waals surface area contributed by atoms with Gasteiger partial charge in [-0.15, -0.1) is 10.2 Å². The van der Waals surface area contributed by atoms with Crippen LogP contribution in [0.1, 0.15) is 10.8 Å². The first kappa shape index (κ1) is 12.3. The van der Waals surface area contributed by atoms with Crippen molar-refractivity contribution < 1.29 is 0 Å². The Bertz CT molecular complexity index is 733. The van der Waals surface area contributed by atoms with E-state index in [0.29, 0.717) is 17.4 Å². The Hall–Kier alpha value is -1.74. The molecule has 0 unspecified atom stereocenters. The average Bonchev–Trinajstić information content (AvgIpc) is 2.95. The molecule has 0 fully saturated rings. The van der Waals surface area contributed by atoms with Gasteiger partial charge in [0.2, 0.25) is 0 Å². The zero-order valence-corrected chi connectivity index (χ0v) is 12.0. The molecule has 9 heteroatoms. The first-order valence-corrected chi connectivity index (χ1v) is 7.30. The van der Waals surface area contributed by atoms with E-state index in [1.165, 1.54) is 0 Å². The molecule has 0 bridgehead atoms. The number of anilines is 1. The maximum absolute atomic E-state index is 5.90. The summed E-state index contributed by atoms with van der Waals surface area (Å²) < 4.78 is 2.60. The second kappa shape index (κ2) is 4.74. The Morgan fingerprint density at radius 2 is 2.21 bits per heavy atom. The van der Waals surface area contributed by atoms with E-state index < -0.39 is 0 Å². The molecule has 0 atom stereocenters. The van der Waals surface area contributed by atoms with Crippen LogP contribution in [0.3, 0.4) is 0 Å². The molecule has 19 heavy (non-hydrogen) atoms. The fourth-order valence-corrected chi connectivity index (χ4v) is 3.29. The van der Waals surface area contributed by atoms with Crippen LogP contribution in [0.5, 0.6) is 0 Å². The normalized spacial score (nSPS) is 11.3. The third kappa shape index (κ3) is 2.38. The molecular weight excluding hydrogens is 282 g/mol. The van der Waals surface area contributed by atoms with E-state index in [0.717, 1.165) is 20.4 Å². The monoisotopic (exact) mass is 293 g/mol. The molecule has 3 heterocycles. The molecule has 7 nitrogen and oxygen atoms in total. The maximum atomic E-state index is 5.90. The van der Waals surface area contributed by atoms with Gasteiger partial charge in [0.25, 0.3) is 0 Å². The van der Waals surface area contributed by atoms with Crippen LogP contribution >= 0.6 is 23.1 Å². The van der Waals surface area contributed by atoms with Crippen LogP contribution in [0.2, 0.25) is 0 Å². The van der Waals surface area contributed by atoms with Gasteiger partial charge >= 0.3 is 0 Å². The highest BCUT2D eigenvalue weighted by molar-refractivity contribution is 8.00. The van der Waals surface area contributed by atoms with Crippen molar-refractivity contribution in [2.75, 3.05) is 5.73 Å². The van der Waals surface area contributed by atoms with Gasteiger partial charge in [0, 0.05) is 7.05 Å². The van der Waals surface area contributed by atoms with Crippen LogP contribution in [0.25, 0.3) is 11.0 Å². The van der Waals surface area contributed by atoms with Crippen molar-refractivity contribution in [3.05, 3.63) is 17.0 Å². The standard InChI is InChI=1S/C10H11N7S2/c1-5-15-16-10(19-5)18-4-7-13-8(11)6-3-12-17(2)9(6)14-7/h3H,4H2,1-2H3,(H2,11,13,14). The fourth-order valence-electron chi connectivity index (χ4n) is 1.62. The zero-order chi connectivity index (χ0) is 13.4. The summed E-state index contributed by atoms with van der Waals surface area (Å²) in [4.78, 5) is 8.75. The van der Waals surface area contributed by atoms with Crippen molar-refractivity contribution in [3.8, 4) is 0 Å². The average molecular weight is 293 g/mol. The van der Waals surface area contributed by atoms with E-state index in [2.05, 4.69) is 25.3 Å². The third-order valence-corrected chi connectivity index (χ3v) is 4.47. The van der Waals surface area contributed by atoms with Gasteiger partial charge in [-0.3, -0.25) is 4.68 Å². The van der Waals surface area contributed by atoms with Crippen LogP contribution in [-0.2, 0) is 12.8 Å². The van der Waals surface area contributed by atoms with E-state index in [-0.39, 0.29) is 0 Å². The van der Waals surface area contributed by atoms with Gasteiger partial charge in [-0.25, -0.2) is 9.97 Å². The lowest BCUT2D eigenvalue weighted by Crippen LogP contribution is -2.01. The molecule has 3 rings (SSSR count). The highest BCUT2D eigenvalue weighted by atomic mass is 32.2. The molecule has 0 aliphatic carbocycles. The SMILES string of the molecule is Cc1nnc(SCc2nc(N)c3cnn(C)c3n2)s1. The van der Waals surface area contributed by atoms with Gasteiger partial charge in [-0.1, -0.05) is 23.1 Å². The van der Waals surface area contributed by atoms with Crippen LogP contribution in [0, 0.1) is 6.92 Å². The maximum Gasteiger partial charge on any atom is 0.174 e. The summed E-state index contributed by atoms with van der Waals surface area (Å²) >= 11 is 3.11. The Morgan fingerprint density at radius 1 is 1.37 bits per heavy atom. The Balaban J connectivity index is 1.86. The van der Waals surface area contributed by atoms with Gasteiger partial charge in [-0.05, 0) is 6.92 Å². The van der Waals surface area contributed by atoms with Crippen molar-refractivity contribution in [1.29, 1.82) is 0 Å². The lowest BCUT2D eigenvalue weighted by Gasteiger charge is -2.01. The largest absolute Gasteiger partial charge is 0.383 e. The van der Waals surface area contributed by atoms with Crippen molar-refractivity contribution in [1.82, 2.24) is 29.9 Å². The van der Waals surface area contributed by atoms with Crippen molar-refractivity contribution in [2.45, 2.75) is 17.0 Å². The Labute approximate surface area is 117 Å². The fraction of sp³-hybridized carbons (Fsp3) is 0.300. The highest BCUT2D eigenvalue weighted by Crippen LogP contribution is 2.25. The summed E-state index contributed by atoms with van der Waals surface area (Å²) in [5, 5.41) is 13.9. The number of rotatable bonds is 3. The zero-order valence-electron chi connectivity index (χ0n) is 10.4. The smallest absolute Gasteiger partial charge is 0.174 e. The molecule has 0 aliphatic heterocycles. The number of nitrogens with zero attached hydrogens (tertiary/aromatic N) is 6. The third-order valence-electron chi connectivity index (χ3n) is 2.50. The van der Waals surface area contributed by atoms with E-state index >= 15 is 0 Å². The number of hydrogen-bond donors (Lipinski definition) is 1. The summed E-state index contributed by atoms with van der Waals surface area (Å²) in [6.45, 7) is 1.93. The predicted molar refractivity (Wildman–Crippen MR) is 74.9 cm³/mol. The van der Waals surface area contributed by atoms with Crippen LogP contribution < -0.4 is 5.73 Å². The van der Waals surface area contributed by atoms with Crippen molar-refractivity contribution in [3.63, 3.8) is 0 Å². The molecule has 0 spiro atoms. The summed E-state index contributed by atoms with van der Waals surface area (Å²) in [5.74, 6) is 1.74. The lowest BCUT2D eigenvalue weighted by molar-refractivity contribution is 0.782. The Morgan fingerprint density at radius 3 is 2.95 bits per heavy atom. The first-order valence-electron chi connectivity index (χ1n) is 5.50. The van der Waals surface area contributed by atoms with Crippen LogP contribution in [-0.4, -0.2) is 29.9 Å². The van der Waals surface area contributed by atoms with Gasteiger partial charge < -0.3 is 5.73 Å². The number of hydrogen-bond acceptors (Lipinski definition) is 8. The molecule has 0 aromatic carbocycles. The molecule has 0 saturated heterocycles. The molecular formula is C10H11N7S2. The topological polar surface area (TPSA) is 95.4 Å². The second-order valence-corrected chi connectivity index (χ2v) is 6.31. The number of aryl methyl sites for hydroxylation is 2. The number of nitrogen functional groups attached to an aromatic ring is 1. The highest BCUT2D eigenvalue weighted by Gasteiger charge is 2.10. The Kier molecular flexibility index (Phi) is 3.07. The van der Waals surface area contributed by atoms with Gasteiger partial charge in [0.05, 0.1) is 17.3 Å². The molecule has 0 aliphatic rings. The molecule has 0 amide bonds. The summed E-state index contributed by atoms with van der Waals surface area (Å²) in [6.07, 6.45) is 1.68. The first-order chi connectivity index (χ1) is 9.13. The lowest BCUT2D eigenvalue weighted by atomic mass is 10.4. The van der Waals surface area contributed by atoms with Gasteiger partial charge in [-0.2, -0.15) is 5.10 Å². The second-order valence-electron chi connectivity index (χ2n) is 3.91. The summed E-state index contributed by atoms with van der Waals surface area (Å²) in [5.41, 5.74) is 6.65. The molecule has 2 N–H and O–H groups in total. The van der Waals surface area contributed by atoms with Crippen molar-refractivity contribution >= 4 is 39.9 Å². The number of fused-ring (bicyclic) bond motifs is 1. The quantitative estimate of drug-likeness (QED) is 0.729. The van der Waals surface area contributed by atoms with Gasteiger partial charge in [0.15, 0.2) is 9.99 Å². The molecule has 0 saturated carbocycles. The minimum atomic E-state index is 0.460. The van der Waals surface area contributed by atoms with Gasteiger partial charge in [0.1, 0.15) is 16.6 Å². The van der Waals surface area contributed by atoms with Crippen LogP contribution in [0.4, 0.5) is 5.82 Å². The number of thioether (sulfide) groups is 1. The minimum absolute atomic E-state index is 0.460. The summed E-state index contributed by atoms with van der Waals surface area (Å²) in [7, 11) is 1.83. The van der Waals surface area contributed by atoms with E-state index in [4.69, 9.17) is 5.73 Å².